The van der Waals surface area contributed by atoms with Crippen LogP contribution in [0.4, 0.5) is 0 Å². The van der Waals surface area contributed by atoms with Crippen LogP contribution in [-0.2, 0) is 20.7 Å². The second-order valence-electron chi connectivity index (χ2n) is 1.70. The first-order valence-electron chi connectivity index (χ1n) is 2.37. The van der Waals surface area contributed by atoms with Crippen LogP contribution in [0.25, 0.3) is 0 Å². The molecular weight excluding hydrogens is 172 g/mol. The van der Waals surface area contributed by atoms with Crippen LogP contribution in [-0.4, -0.2) is 8.42 Å². The van der Waals surface area contributed by atoms with E-state index in [0.29, 0.717) is 0 Å². The average molecular weight is 178 g/mol. The molecule has 0 aromatic carbocycles. The molecule has 0 aliphatic carbocycles. The molecule has 0 saturated heterocycles. The maximum atomic E-state index is 10.6. The van der Waals surface area contributed by atoms with Crippen molar-refractivity contribution in [1.29, 1.82) is 4.78 Å². The van der Waals surface area contributed by atoms with Gasteiger partial charge in [-0.1, -0.05) is 6.08 Å². The highest BCUT2D eigenvalue weighted by atomic mass is 32.3. The quantitative estimate of drug-likeness (QED) is 0.593. The average Bonchev–Trinajstić information content (AvgIpc) is 2.11. The highest BCUT2D eigenvalue weighted by molar-refractivity contribution is 8.12. The summed E-state index contributed by atoms with van der Waals surface area (Å²) in [5.74, 6) is 0. The van der Waals surface area contributed by atoms with Gasteiger partial charge in [0, 0.05) is 0 Å². The van der Waals surface area contributed by atoms with Crippen molar-refractivity contribution in [1.82, 2.24) is 0 Å². The Balaban J connectivity index is 3.12. The third-order valence-corrected chi connectivity index (χ3v) is 3.88. The zero-order valence-electron chi connectivity index (χ0n) is 4.94. The summed E-state index contributed by atoms with van der Waals surface area (Å²) < 4.78 is 28.4. The first-order chi connectivity index (χ1) is 4.52. The van der Waals surface area contributed by atoms with Crippen LogP contribution in [0.5, 0.6) is 0 Å². The number of nitrogens with one attached hydrogen (secondary N) is 1. The molecule has 1 rings (SSSR count). The minimum Gasteiger partial charge on any atom is -0.271 e. The van der Waals surface area contributed by atoms with Gasteiger partial charge in [-0.2, -0.15) is 0 Å². The van der Waals surface area contributed by atoms with Gasteiger partial charge < -0.3 is 0 Å². The summed E-state index contributed by atoms with van der Waals surface area (Å²) in [5.41, 5.74) is 0. The van der Waals surface area contributed by atoms with E-state index >= 15 is 0 Å². The second kappa shape index (κ2) is 2.30. The molecule has 6 heteroatoms. The van der Waals surface area contributed by atoms with Crippen molar-refractivity contribution in [3.63, 3.8) is 0 Å². The molecule has 4 nitrogen and oxygen atoms in total. The Morgan fingerprint density at radius 3 is 2.40 bits per heavy atom. The van der Waals surface area contributed by atoms with Crippen molar-refractivity contribution in [2.75, 3.05) is 0 Å². The Kier molecular flexibility index (Phi) is 1.76. The Hall–Kier alpha value is -0.460. The number of allylic oxidation sites excluding steroid dienone is 2. The standard InChI is InChI=1S/C4H6N2O2S2/c5-9-3-1-2-4(9)10(6,7)8/h1-3,5H,(H2,6,7,8). The molecule has 3 N–H and O–H groups in total. The summed E-state index contributed by atoms with van der Waals surface area (Å²) in [5, 5.41) is 6.27. The first-order valence-corrected chi connectivity index (χ1v) is 5.21. The molecule has 0 fully saturated rings. The SMILES string of the molecule is N=S1C=CC=C1S(N)(=O)=O. The van der Waals surface area contributed by atoms with Gasteiger partial charge in [0.05, 0.1) is 0 Å². The zero-order chi connectivity index (χ0) is 7.78. The maximum Gasteiger partial charge on any atom is 0.245 e. The normalized spacial score (nSPS) is 24.9. The first kappa shape index (κ1) is 7.64. The van der Waals surface area contributed by atoms with Gasteiger partial charge in [0.15, 0.2) is 0 Å². The lowest BCUT2D eigenvalue weighted by Gasteiger charge is -1.96. The van der Waals surface area contributed by atoms with Crippen LogP contribution in [0.1, 0.15) is 0 Å². The van der Waals surface area contributed by atoms with Gasteiger partial charge in [0.1, 0.15) is 4.24 Å². The molecule has 1 aliphatic rings. The maximum absolute atomic E-state index is 10.6. The third-order valence-electron chi connectivity index (χ3n) is 0.944. The fourth-order valence-electron chi connectivity index (χ4n) is 0.557. The van der Waals surface area contributed by atoms with Crippen molar-refractivity contribution in [3.8, 4) is 0 Å². The Morgan fingerprint density at radius 1 is 1.60 bits per heavy atom. The molecule has 0 amide bonds. The van der Waals surface area contributed by atoms with Crippen LogP contribution < -0.4 is 5.14 Å². The third kappa shape index (κ3) is 1.34. The molecule has 1 heterocycles. The van der Waals surface area contributed by atoms with Crippen molar-refractivity contribution in [2.45, 2.75) is 0 Å². The number of hydrogen-bond donors (Lipinski definition) is 2. The Morgan fingerprint density at radius 2 is 2.20 bits per heavy atom. The van der Waals surface area contributed by atoms with Gasteiger partial charge in [0.25, 0.3) is 0 Å². The molecule has 0 aromatic rings. The molecule has 0 saturated carbocycles. The van der Waals surface area contributed by atoms with Gasteiger partial charge in [-0.3, -0.25) is 4.78 Å². The summed E-state index contributed by atoms with van der Waals surface area (Å²) in [7, 11) is -4.69. The molecule has 56 valence electrons. The van der Waals surface area contributed by atoms with Crippen molar-refractivity contribution < 1.29 is 8.42 Å². The zero-order valence-corrected chi connectivity index (χ0v) is 6.58. The summed E-state index contributed by atoms with van der Waals surface area (Å²) in [4.78, 5) is 0. The highest BCUT2D eigenvalue weighted by Crippen LogP contribution is 2.15. The van der Waals surface area contributed by atoms with Crippen LogP contribution in [0.2, 0.25) is 0 Å². The molecule has 0 aromatic heterocycles. The monoisotopic (exact) mass is 178 g/mol. The fraction of sp³-hybridized carbons (Fsp3) is 0. The number of rotatable bonds is 1. The van der Waals surface area contributed by atoms with Crippen molar-refractivity contribution in [3.05, 3.63) is 21.8 Å². The van der Waals surface area contributed by atoms with Crippen LogP contribution in [0.15, 0.2) is 21.8 Å². The molecule has 0 radical (unpaired) electrons. The van der Waals surface area contributed by atoms with E-state index in [1.165, 1.54) is 17.6 Å². The molecule has 1 unspecified atom stereocenters. The number of sulfonamides is 1. The molecule has 1 atom stereocenters. The fourth-order valence-corrected chi connectivity index (χ4v) is 2.59. The molecule has 0 spiro atoms. The lowest BCUT2D eigenvalue weighted by Crippen LogP contribution is -2.15. The van der Waals surface area contributed by atoms with Gasteiger partial charge >= 0.3 is 0 Å². The minimum atomic E-state index is -3.63. The Labute approximate surface area is 61.4 Å². The number of nitrogens with two attached hydrogens (primary N) is 1. The number of hydrogen-bond acceptors (Lipinski definition) is 3. The molecule has 0 bridgehead atoms. The van der Waals surface area contributed by atoms with Gasteiger partial charge in [0.2, 0.25) is 10.0 Å². The summed E-state index contributed by atoms with van der Waals surface area (Å²) >= 11 is 0. The van der Waals surface area contributed by atoms with E-state index in [9.17, 15) is 8.42 Å². The Bertz CT molecular complexity index is 325. The van der Waals surface area contributed by atoms with E-state index in [4.69, 9.17) is 9.92 Å². The lowest BCUT2D eigenvalue weighted by molar-refractivity contribution is 0.605. The van der Waals surface area contributed by atoms with Gasteiger partial charge in [-0.15, -0.1) is 0 Å². The summed E-state index contributed by atoms with van der Waals surface area (Å²) in [6, 6.07) is 0. The molecule has 1 aliphatic heterocycles. The van der Waals surface area contributed by atoms with E-state index in [2.05, 4.69) is 0 Å². The topological polar surface area (TPSA) is 84.0 Å². The lowest BCUT2D eigenvalue weighted by atomic mass is 10.6. The van der Waals surface area contributed by atoms with E-state index in [0.717, 1.165) is 0 Å². The van der Waals surface area contributed by atoms with E-state index in [1.807, 2.05) is 0 Å². The second-order valence-corrected chi connectivity index (χ2v) is 4.87. The molecular formula is C4H6N2O2S2. The van der Waals surface area contributed by atoms with E-state index in [1.54, 1.807) is 0 Å². The summed E-state index contributed by atoms with van der Waals surface area (Å²) in [6.45, 7) is 0. The van der Waals surface area contributed by atoms with Crippen LogP contribution in [0, 0.1) is 4.78 Å². The predicted octanol–water partition coefficient (Wildman–Crippen LogP) is 0.0243. The van der Waals surface area contributed by atoms with Crippen LogP contribution >= 0.6 is 0 Å². The smallest absolute Gasteiger partial charge is 0.245 e. The van der Waals surface area contributed by atoms with Gasteiger partial charge in [-0.25, -0.2) is 13.6 Å². The van der Waals surface area contributed by atoms with Crippen LogP contribution in [0.3, 0.4) is 0 Å². The van der Waals surface area contributed by atoms with Gasteiger partial charge in [-0.05, 0) is 22.2 Å². The van der Waals surface area contributed by atoms with E-state index in [-0.39, 0.29) is 4.24 Å². The minimum absolute atomic E-state index is 0.00694. The van der Waals surface area contributed by atoms with E-state index < -0.39 is 20.7 Å². The number of primary sulfonamides is 1. The van der Waals surface area contributed by atoms with Crippen molar-refractivity contribution in [2.24, 2.45) is 5.14 Å². The van der Waals surface area contributed by atoms with Crippen molar-refractivity contribution >= 4 is 20.7 Å². The predicted molar refractivity (Wildman–Crippen MR) is 40.4 cm³/mol. The highest BCUT2D eigenvalue weighted by Gasteiger charge is 2.16. The molecule has 10 heavy (non-hydrogen) atoms. The summed E-state index contributed by atoms with van der Waals surface area (Å²) in [6.07, 6.45) is 2.88. The largest absolute Gasteiger partial charge is 0.271 e.